The van der Waals surface area contributed by atoms with E-state index in [9.17, 15) is 13.2 Å². The minimum Gasteiger partial charge on any atom is -0.348 e. The van der Waals surface area contributed by atoms with Gasteiger partial charge in [-0.2, -0.15) is 0 Å². The average Bonchev–Trinajstić information content (AvgIpc) is 2.38. The summed E-state index contributed by atoms with van der Waals surface area (Å²) < 4.78 is 23.2. The van der Waals surface area contributed by atoms with Crippen LogP contribution in [-0.2, 0) is 9.84 Å². The van der Waals surface area contributed by atoms with Gasteiger partial charge in [0.1, 0.15) is 15.5 Å². The number of carbonyl (C=O) groups is 1. The van der Waals surface area contributed by atoms with E-state index in [1.54, 1.807) is 12.1 Å². The molecular formula is C14H20N2O3S. The van der Waals surface area contributed by atoms with Crippen molar-refractivity contribution in [1.29, 1.82) is 0 Å². The molecule has 1 aliphatic carbocycles. The maximum Gasteiger partial charge on any atom is 0.270 e. The van der Waals surface area contributed by atoms with Gasteiger partial charge in [0.2, 0.25) is 0 Å². The van der Waals surface area contributed by atoms with E-state index in [0.29, 0.717) is 18.5 Å². The van der Waals surface area contributed by atoms with Crippen molar-refractivity contribution in [2.45, 2.75) is 43.9 Å². The lowest BCUT2D eigenvalue weighted by atomic mass is 9.95. The van der Waals surface area contributed by atoms with Gasteiger partial charge in [0.15, 0.2) is 0 Å². The van der Waals surface area contributed by atoms with Crippen LogP contribution >= 0.6 is 0 Å². The van der Waals surface area contributed by atoms with E-state index in [1.165, 1.54) is 6.26 Å². The molecule has 6 heteroatoms. The number of sulfone groups is 1. The number of aromatic nitrogens is 1. The van der Waals surface area contributed by atoms with Crippen LogP contribution in [0.5, 0.6) is 0 Å². The second-order valence-electron chi connectivity index (χ2n) is 5.45. The zero-order chi connectivity index (χ0) is 14.8. The van der Waals surface area contributed by atoms with Crippen molar-refractivity contribution in [3.05, 3.63) is 29.6 Å². The topological polar surface area (TPSA) is 76.1 Å². The van der Waals surface area contributed by atoms with Crippen LogP contribution in [-0.4, -0.2) is 36.9 Å². The maximum atomic E-state index is 12.1. The molecule has 110 valence electrons. The predicted octanol–water partition coefficient (Wildman–Crippen LogP) is 1.48. The van der Waals surface area contributed by atoms with Gasteiger partial charge < -0.3 is 5.32 Å². The summed E-state index contributed by atoms with van der Waals surface area (Å²) in [6, 6.07) is 5.20. The summed E-state index contributed by atoms with van der Waals surface area (Å²) in [7, 11) is -3.03. The van der Waals surface area contributed by atoms with Crippen molar-refractivity contribution < 1.29 is 13.2 Å². The van der Waals surface area contributed by atoms with Crippen molar-refractivity contribution in [3.8, 4) is 0 Å². The van der Waals surface area contributed by atoms with E-state index in [2.05, 4.69) is 10.3 Å². The highest BCUT2D eigenvalue weighted by molar-refractivity contribution is 7.91. The normalized spacial score (nSPS) is 23.3. The summed E-state index contributed by atoms with van der Waals surface area (Å²) in [5.74, 6) is -0.229. The van der Waals surface area contributed by atoms with Crippen LogP contribution in [0.2, 0.25) is 0 Å². The molecule has 1 aromatic rings. The van der Waals surface area contributed by atoms with Crippen LogP contribution in [0.4, 0.5) is 0 Å². The summed E-state index contributed by atoms with van der Waals surface area (Å²) in [5, 5.41) is 2.56. The van der Waals surface area contributed by atoms with E-state index in [0.717, 1.165) is 18.5 Å². The fraction of sp³-hybridized carbons (Fsp3) is 0.571. The molecule has 0 radical (unpaired) electrons. The molecule has 20 heavy (non-hydrogen) atoms. The molecule has 0 aliphatic heterocycles. The Labute approximate surface area is 119 Å². The first kappa shape index (κ1) is 15.0. The van der Waals surface area contributed by atoms with Gasteiger partial charge in [0.25, 0.3) is 5.91 Å². The van der Waals surface area contributed by atoms with Gasteiger partial charge in [-0.1, -0.05) is 12.5 Å². The molecule has 0 spiro atoms. The smallest absolute Gasteiger partial charge is 0.270 e. The minimum atomic E-state index is -3.03. The Bertz CT molecular complexity index is 598. The molecule has 0 bridgehead atoms. The third kappa shape index (κ3) is 3.79. The molecule has 0 unspecified atom stereocenters. The van der Waals surface area contributed by atoms with Crippen LogP contribution in [0.3, 0.4) is 0 Å². The summed E-state index contributed by atoms with van der Waals surface area (Å²) in [5.41, 5.74) is 1.17. The molecule has 0 aromatic carbocycles. The second-order valence-corrected chi connectivity index (χ2v) is 7.78. The van der Waals surface area contributed by atoms with Gasteiger partial charge in [-0.25, -0.2) is 13.4 Å². The number of carbonyl (C=O) groups excluding carboxylic acids is 1. The second kappa shape index (κ2) is 5.91. The fourth-order valence-electron chi connectivity index (χ4n) is 2.59. The van der Waals surface area contributed by atoms with Crippen molar-refractivity contribution in [3.63, 3.8) is 0 Å². The van der Waals surface area contributed by atoms with E-state index in [-0.39, 0.29) is 17.2 Å². The Morgan fingerprint density at radius 3 is 2.75 bits per heavy atom. The molecule has 1 aliphatic rings. The largest absolute Gasteiger partial charge is 0.348 e. The molecule has 1 amide bonds. The Kier molecular flexibility index (Phi) is 4.42. The summed E-state index contributed by atoms with van der Waals surface area (Å²) >= 11 is 0. The van der Waals surface area contributed by atoms with Gasteiger partial charge in [0.05, 0.1) is 5.25 Å². The first-order chi connectivity index (χ1) is 9.36. The number of pyridine rings is 1. The summed E-state index contributed by atoms with van der Waals surface area (Å²) in [4.78, 5) is 16.3. The van der Waals surface area contributed by atoms with Crippen molar-refractivity contribution in [1.82, 2.24) is 10.3 Å². The fourth-order valence-corrected chi connectivity index (χ4v) is 3.77. The van der Waals surface area contributed by atoms with Gasteiger partial charge in [-0.05, 0) is 38.3 Å². The number of nitrogens with zero attached hydrogens (tertiary/aromatic N) is 1. The molecule has 2 atom stereocenters. The molecular weight excluding hydrogens is 276 g/mol. The van der Waals surface area contributed by atoms with Crippen molar-refractivity contribution >= 4 is 15.7 Å². The van der Waals surface area contributed by atoms with Gasteiger partial charge in [-0.15, -0.1) is 0 Å². The molecule has 1 aromatic heterocycles. The Hall–Kier alpha value is -1.43. The third-order valence-electron chi connectivity index (χ3n) is 3.69. The SMILES string of the molecule is Cc1cccc(C(=O)N[C@@H]2CCC[C@H](S(C)(=O)=O)C2)n1. The van der Waals surface area contributed by atoms with E-state index in [1.807, 2.05) is 13.0 Å². The van der Waals surface area contributed by atoms with E-state index < -0.39 is 9.84 Å². The number of aryl methyl sites for hydroxylation is 1. The highest BCUT2D eigenvalue weighted by Crippen LogP contribution is 2.24. The number of nitrogens with one attached hydrogen (secondary N) is 1. The lowest BCUT2D eigenvalue weighted by Crippen LogP contribution is -2.42. The molecule has 1 heterocycles. The standard InChI is InChI=1S/C14H20N2O3S/c1-10-5-3-8-13(15-10)14(17)16-11-6-4-7-12(9-11)20(2,18)19/h3,5,8,11-12H,4,6-7,9H2,1-2H3,(H,16,17)/t11-,12+/m1/s1. The zero-order valence-electron chi connectivity index (χ0n) is 11.8. The van der Waals surface area contributed by atoms with Crippen LogP contribution in [0.15, 0.2) is 18.2 Å². The molecule has 1 saturated carbocycles. The Morgan fingerprint density at radius 1 is 1.35 bits per heavy atom. The zero-order valence-corrected chi connectivity index (χ0v) is 12.6. The third-order valence-corrected chi connectivity index (χ3v) is 5.33. The quantitative estimate of drug-likeness (QED) is 0.916. The minimum absolute atomic E-state index is 0.0849. The molecule has 2 rings (SSSR count). The van der Waals surface area contributed by atoms with Gasteiger partial charge in [0, 0.05) is 18.0 Å². The first-order valence-corrected chi connectivity index (χ1v) is 8.75. The van der Waals surface area contributed by atoms with E-state index >= 15 is 0 Å². The average molecular weight is 296 g/mol. The highest BCUT2D eigenvalue weighted by atomic mass is 32.2. The monoisotopic (exact) mass is 296 g/mol. The number of rotatable bonds is 3. The number of amides is 1. The Balaban J connectivity index is 2.01. The molecule has 1 fully saturated rings. The van der Waals surface area contributed by atoms with Crippen LogP contribution in [0.25, 0.3) is 0 Å². The van der Waals surface area contributed by atoms with Crippen molar-refractivity contribution in [2.75, 3.05) is 6.26 Å². The van der Waals surface area contributed by atoms with Crippen LogP contribution < -0.4 is 5.32 Å². The summed E-state index contributed by atoms with van der Waals surface area (Å²) in [6.07, 6.45) is 4.10. The van der Waals surface area contributed by atoms with Crippen molar-refractivity contribution in [2.24, 2.45) is 0 Å². The molecule has 5 nitrogen and oxygen atoms in total. The lowest BCUT2D eigenvalue weighted by Gasteiger charge is -2.28. The highest BCUT2D eigenvalue weighted by Gasteiger charge is 2.29. The van der Waals surface area contributed by atoms with Crippen LogP contribution in [0.1, 0.15) is 41.9 Å². The summed E-state index contributed by atoms with van der Waals surface area (Å²) in [6.45, 7) is 1.83. The van der Waals surface area contributed by atoms with Gasteiger partial charge >= 0.3 is 0 Å². The van der Waals surface area contributed by atoms with Crippen LogP contribution in [0, 0.1) is 6.92 Å². The first-order valence-electron chi connectivity index (χ1n) is 6.79. The van der Waals surface area contributed by atoms with Gasteiger partial charge in [-0.3, -0.25) is 4.79 Å². The molecule has 0 saturated heterocycles. The maximum absolute atomic E-state index is 12.1. The number of hydrogen-bond donors (Lipinski definition) is 1. The number of hydrogen-bond acceptors (Lipinski definition) is 4. The predicted molar refractivity (Wildman–Crippen MR) is 77.3 cm³/mol. The van der Waals surface area contributed by atoms with E-state index in [4.69, 9.17) is 0 Å². The molecule has 1 N–H and O–H groups in total. The Morgan fingerprint density at radius 2 is 2.10 bits per heavy atom. The lowest BCUT2D eigenvalue weighted by molar-refractivity contribution is 0.0922.